The molecule has 1 saturated heterocycles. The third-order valence-electron chi connectivity index (χ3n) is 6.42. The quantitative estimate of drug-likeness (QED) is 0.144. The molecule has 10 heteroatoms. The first-order valence-electron chi connectivity index (χ1n) is 12.3. The molecule has 1 aliphatic heterocycles. The number of methoxy groups -OCH3 is 1. The first-order valence-corrected chi connectivity index (χ1v) is 13.2. The second kappa shape index (κ2) is 11.1. The number of aromatic nitrogens is 2. The van der Waals surface area contributed by atoms with Crippen LogP contribution in [0.4, 0.5) is 5.13 Å². The molecule has 1 N–H and O–H groups in total. The Morgan fingerprint density at radius 2 is 1.85 bits per heavy atom. The summed E-state index contributed by atoms with van der Waals surface area (Å²) in [5.74, 6) is -2.12. The number of hydrogen-bond donors (Lipinski definition) is 1. The number of nitrogens with zero attached hydrogens (tertiary/aromatic N) is 3. The molecule has 1 amide bonds. The highest BCUT2D eigenvalue weighted by atomic mass is 32.1. The molecule has 40 heavy (non-hydrogen) atoms. The van der Waals surface area contributed by atoms with Gasteiger partial charge in [0.15, 0.2) is 5.13 Å². The third kappa shape index (κ3) is 5.08. The molecule has 0 bridgehead atoms. The molecule has 2 aromatic carbocycles. The van der Waals surface area contributed by atoms with Crippen LogP contribution in [-0.2, 0) is 20.9 Å². The molecule has 9 nitrogen and oxygen atoms in total. The summed E-state index contributed by atoms with van der Waals surface area (Å²) in [5.41, 5.74) is 3.24. The van der Waals surface area contributed by atoms with E-state index in [0.29, 0.717) is 29.2 Å². The zero-order valence-corrected chi connectivity index (χ0v) is 22.8. The first-order chi connectivity index (χ1) is 19.3. The van der Waals surface area contributed by atoms with E-state index in [0.717, 1.165) is 22.5 Å². The summed E-state index contributed by atoms with van der Waals surface area (Å²) >= 11 is 0.936. The van der Waals surface area contributed by atoms with Crippen LogP contribution in [0.5, 0.6) is 5.75 Å². The summed E-state index contributed by atoms with van der Waals surface area (Å²) in [4.78, 5) is 48.8. The van der Waals surface area contributed by atoms with Gasteiger partial charge in [0.05, 0.1) is 24.4 Å². The zero-order chi connectivity index (χ0) is 28.4. The van der Waals surface area contributed by atoms with Crippen LogP contribution in [0.2, 0.25) is 0 Å². The van der Waals surface area contributed by atoms with Gasteiger partial charge in [0.25, 0.3) is 5.78 Å². The van der Waals surface area contributed by atoms with Crippen LogP contribution < -0.4 is 9.64 Å². The number of ether oxygens (including phenoxy) is 2. The lowest BCUT2D eigenvalue weighted by atomic mass is 9.96. The largest absolute Gasteiger partial charge is 0.507 e. The smallest absolute Gasteiger partial charge is 0.350 e. The van der Waals surface area contributed by atoms with Crippen molar-refractivity contribution < 1.29 is 29.0 Å². The highest BCUT2D eigenvalue weighted by Gasteiger charge is 2.48. The molecule has 0 spiro atoms. The summed E-state index contributed by atoms with van der Waals surface area (Å²) in [6.07, 6.45) is 3.08. The van der Waals surface area contributed by atoms with Crippen molar-refractivity contribution in [1.82, 2.24) is 9.97 Å². The number of amides is 1. The number of aliphatic hydroxyl groups is 1. The van der Waals surface area contributed by atoms with Crippen molar-refractivity contribution in [3.63, 3.8) is 0 Å². The van der Waals surface area contributed by atoms with Gasteiger partial charge in [0.2, 0.25) is 0 Å². The van der Waals surface area contributed by atoms with Gasteiger partial charge >= 0.3 is 11.9 Å². The summed E-state index contributed by atoms with van der Waals surface area (Å²) in [7, 11) is 1.25. The van der Waals surface area contributed by atoms with Crippen molar-refractivity contribution in [3.05, 3.63) is 111 Å². The van der Waals surface area contributed by atoms with E-state index in [2.05, 4.69) is 9.97 Å². The molecular formula is C30H25N3O6S. The Hall–Kier alpha value is -4.83. The number of anilines is 1. The lowest BCUT2D eigenvalue weighted by Crippen LogP contribution is -2.29. The lowest BCUT2D eigenvalue weighted by Gasteiger charge is -2.22. The minimum Gasteiger partial charge on any atom is -0.507 e. The molecule has 1 unspecified atom stereocenters. The zero-order valence-electron chi connectivity index (χ0n) is 22.0. The fourth-order valence-electron chi connectivity index (χ4n) is 4.48. The van der Waals surface area contributed by atoms with E-state index < -0.39 is 23.7 Å². The molecule has 1 aliphatic rings. The standard InChI is InChI=1S/C30H25N3O6S/c1-17-6-4-7-19(14-17)16-39-22-11-9-20(10-12-22)25(34)23-24(21-8-5-13-31-15-21)33(28(36)26(23)35)30-32-18(2)27(40-30)29(37)38-3/h4-15,24,34H,16H2,1-3H3. The SMILES string of the molecule is COC(=O)c1sc(N2C(=O)C(=O)C(=C(O)c3ccc(OCc4cccc(C)c4)cc3)C2c2cccnc2)nc1C. The number of esters is 1. The highest BCUT2D eigenvalue weighted by molar-refractivity contribution is 7.17. The maximum absolute atomic E-state index is 13.4. The van der Waals surface area contributed by atoms with Crippen LogP contribution in [0.25, 0.3) is 5.76 Å². The Morgan fingerprint density at radius 1 is 1.07 bits per heavy atom. The normalized spacial score (nSPS) is 16.3. The Bertz CT molecular complexity index is 1630. The number of Topliss-reactive ketones (excluding diaryl/α,β-unsaturated/α-hetero) is 1. The van der Waals surface area contributed by atoms with E-state index in [1.165, 1.54) is 18.2 Å². The molecule has 1 fully saturated rings. The number of thiazole rings is 1. The van der Waals surface area contributed by atoms with Crippen molar-refractivity contribution in [2.75, 3.05) is 12.0 Å². The van der Waals surface area contributed by atoms with E-state index in [1.807, 2.05) is 31.2 Å². The molecule has 3 heterocycles. The third-order valence-corrected chi connectivity index (χ3v) is 7.56. The number of aryl methyl sites for hydroxylation is 2. The van der Waals surface area contributed by atoms with Crippen LogP contribution in [0.1, 0.15) is 43.7 Å². The summed E-state index contributed by atoms with van der Waals surface area (Å²) in [5, 5.41) is 11.5. The van der Waals surface area contributed by atoms with E-state index in [-0.39, 0.29) is 21.3 Å². The maximum atomic E-state index is 13.4. The van der Waals surface area contributed by atoms with Crippen LogP contribution in [0.15, 0.2) is 78.6 Å². The minimum absolute atomic E-state index is 0.112. The number of aliphatic hydroxyl groups excluding tert-OH is 1. The van der Waals surface area contributed by atoms with Gasteiger partial charge in [-0.2, -0.15) is 0 Å². The molecule has 1 atom stereocenters. The number of benzene rings is 2. The summed E-state index contributed by atoms with van der Waals surface area (Å²) in [6, 6.07) is 17.0. The van der Waals surface area contributed by atoms with Gasteiger partial charge in [-0.3, -0.25) is 19.5 Å². The van der Waals surface area contributed by atoms with E-state index in [1.54, 1.807) is 49.5 Å². The number of hydrogen-bond acceptors (Lipinski definition) is 9. The van der Waals surface area contributed by atoms with Crippen molar-refractivity contribution in [1.29, 1.82) is 0 Å². The Kier molecular flexibility index (Phi) is 7.43. The Morgan fingerprint density at radius 3 is 2.52 bits per heavy atom. The van der Waals surface area contributed by atoms with Crippen LogP contribution >= 0.6 is 11.3 Å². The Labute approximate surface area is 234 Å². The van der Waals surface area contributed by atoms with Crippen molar-refractivity contribution in [2.45, 2.75) is 26.5 Å². The van der Waals surface area contributed by atoms with Crippen LogP contribution in [0, 0.1) is 13.8 Å². The maximum Gasteiger partial charge on any atom is 0.350 e. The van der Waals surface area contributed by atoms with Crippen molar-refractivity contribution in [2.24, 2.45) is 0 Å². The number of carbonyl (C=O) groups is 3. The molecule has 0 radical (unpaired) electrons. The molecular weight excluding hydrogens is 530 g/mol. The number of carbonyl (C=O) groups excluding carboxylic acids is 3. The molecule has 5 rings (SSSR count). The summed E-state index contributed by atoms with van der Waals surface area (Å²) < 4.78 is 10.7. The van der Waals surface area contributed by atoms with Crippen molar-refractivity contribution >= 4 is 39.9 Å². The molecule has 202 valence electrons. The minimum atomic E-state index is -1.01. The van der Waals surface area contributed by atoms with Gasteiger partial charge in [-0.25, -0.2) is 9.78 Å². The summed E-state index contributed by atoms with van der Waals surface area (Å²) in [6.45, 7) is 4.00. The topological polar surface area (TPSA) is 119 Å². The van der Waals surface area contributed by atoms with E-state index >= 15 is 0 Å². The van der Waals surface area contributed by atoms with Gasteiger partial charge in [0.1, 0.15) is 23.0 Å². The fourth-order valence-corrected chi connectivity index (χ4v) is 5.50. The number of ketones is 1. The van der Waals surface area contributed by atoms with E-state index in [9.17, 15) is 19.5 Å². The lowest BCUT2D eigenvalue weighted by molar-refractivity contribution is -0.132. The molecule has 2 aromatic heterocycles. The van der Waals surface area contributed by atoms with Gasteiger partial charge in [-0.05, 0) is 55.3 Å². The monoisotopic (exact) mass is 555 g/mol. The molecule has 0 saturated carbocycles. The van der Waals surface area contributed by atoms with Gasteiger partial charge in [-0.15, -0.1) is 0 Å². The average molecular weight is 556 g/mol. The highest BCUT2D eigenvalue weighted by Crippen LogP contribution is 2.43. The molecule has 0 aliphatic carbocycles. The van der Waals surface area contributed by atoms with Gasteiger partial charge < -0.3 is 14.6 Å². The number of pyridine rings is 1. The van der Waals surface area contributed by atoms with Gasteiger partial charge in [0, 0.05) is 18.0 Å². The average Bonchev–Trinajstić information content (AvgIpc) is 3.48. The van der Waals surface area contributed by atoms with Crippen LogP contribution in [-0.4, -0.2) is 39.8 Å². The first kappa shape index (κ1) is 26.8. The molecule has 4 aromatic rings. The van der Waals surface area contributed by atoms with Crippen LogP contribution in [0.3, 0.4) is 0 Å². The Balaban J connectivity index is 1.51. The predicted molar refractivity (Wildman–Crippen MR) is 149 cm³/mol. The van der Waals surface area contributed by atoms with Gasteiger partial charge in [-0.1, -0.05) is 47.2 Å². The predicted octanol–water partition coefficient (Wildman–Crippen LogP) is 5.15. The second-order valence-corrected chi connectivity index (χ2v) is 10.1. The van der Waals surface area contributed by atoms with Crippen molar-refractivity contribution in [3.8, 4) is 5.75 Å². The number of rotatable bonds is 7. The fraction of sp³-hybridized carbons (Fsp3) is 0.167. The second-order valence-electron chi connectivity index (χ2n) is 9.16. The van der Waals surface area contributed by atoms with E-state index in [4.69, 9.17) is 9.47 Å².